The first-order chi connectivity index (χ1) is 9.94. The number of carboxylic acids is 4. The van der Waals surface area contributed by atoms with E-state index in [9.17, 15) is 24.3 Å². The van der Waals surface area contributed by atoms with Crippen molar-refractivity contribution in [3.63, 3.8) is 0 Å². The molecule has 7 N–H and O–H groups in total. The molecule has 3 atom stereocenters. The molecule has 0 aliphatic rings. The van der Waals surface area contributed by atoms with Gasteiger partial charge < -0.3 is 25.5 Å². The third-order valence-corrected chi connectivity index (χ3v) is 2.53. The highest BCUT2D eigenvalue weighted by Crippen LogP contribution is 2.04. The molecule has 0 saturated heterocycles. The van der Waals surface area contributed by atoms with Crippen molar-refractivity contribution in [2.24, 2.45) is 0 Å². The second-order valence-corrected chi connectivity index (χ2v) is 4.78. The number of aliphatic hydroxyl groups is 1. The van der Waals surface area contributed by atoms with E-state index in [1.54, 1.807) is 0 Å². The van der Waals surface area contributed by atoms with Gasteiger partial charge in [-0.1, -0.05) is 0 Å². The second-order valence-electron chi connectivity index (χ2n) is 4.78. The molecule has 126 valence electrons. The Hall–Kier alpha value is -2.24. The van der Waals surface area contributed by atoms with Crippen LogP contribution < -0.4 is 10.6 Å². The maximum absolute atomic E-state index is 10.9. The standard InChI is InChI=1S/C11H18N2O9/c1-11(22,13-6(10(20)21)3-8(16)17)4-12-5(9(18)19)2-7(14)15/h5-6,12-13,22H,2-4H2,1H3,(H,14,15)(H,16,17)(H,18,19)(H,20,21)/t5?,6-,11-/m0/s1. The molecule has 0 saturated carbocycles. The van der Waals surface area contributed by atoms with Gasteiger partial charge in [0.1, 0.15) is 17.8 Å². The molecule has 0 aliphatic heterocycles. The molecule has 0 bridgehead atoms. The fraction of sp³-hybridized carbons (Fsp3) is 0.636. The lowest BCUT2D eigenvalue weighted by Gasteiger charge is -2.29. The maximum Gasteiger partial charge on any atom is 0.321 e. The summed E-state index contributed by atoms with van der Waals surface area (Å²) >= 11 is 0. The van der Waals surface area contributed by atoms with Crippen LogP contribution in [-0.2, 0) is 19.2 Å². The van der Waals surface area contributed by atoms with Gasteiger partial charge in [0, 0.05) is 6.54 Å². The van der Waals surface area contributed by atoms with Crippen LogP contribution in [-0.4, -0.2) is 73.8 Å². The van der Waals surface area contributed by atoms with Crippen LogP contribution in [0.4, 0.5) is 0 Å². The van der Waals surface area contributed by atoms with Gasteiger partial charge in [0.05, 0.1) is 12.8 Å². The summed E-state index contributed by atoms with van der Waals surface area (Å²) in [4.78, 5) is 42.7. The van der Waals surface area contributed by atoms with E-state index in [-0.39, 0.29) is 0 Å². The Morgan fingerprint density at radius 2 is 1.32 bits per heavy atom. The largest absolute Gasteiger partial charge is 0.481 e. The van der Waals surface area contributed by atoms with Crippen molar-refractivity contribution in [2.75, 3.05) is 6.54 Å². The predicted molar refractivity (Wildman–Crippen MR) is 69.1 cm³/mol. The number of aliphatic carboxylic acids is 4. The van der Waals surface area contributed by atoms with Gasteiger partial charge in [-0.2, -0.15) is 0 Å². The van der Waals surface area contributed by atoms with E-state index in [1.807, 2.05) is 0 Å². The minimum atomic E-state index is -1.97. The van der Waals surface area contributed by atoms with E-state index in [0.29, 0.717) is 0 Å². The Kier molecular flexibility index (Phi) is 7.42. The van der Waals surface area contributed by atoms with E-state index in [2.05, 4.69) is 10.6 Å². The SMILES string of the molecule is C[C@](O)(CNC(CC(=O)O)C(=O)O)N[C@@H](CC(=O)O)C(=O)O. The minimum Gasteiger partial charge on any atom is -0.481 e. The van der Waals surface area contributed by atoms with Crippen LogP contribution in [0.1, 0.15) is 19.8 Å². The minimum absolute atomic E-state index is 0.513. The van der Waals surface area contributed by atoms with Gasteiger partial charge in [-0.25, -0.2) is 0 Å². The third-order valence-electron chi connectivity index (χ3n) is 2.53. The van der Waals surface area contributed by atoms with Gasteiger partial charge in [-0.05, 0) is 6.92 Å². The molecule has 0 aromatic heterocycles. The molecule has 0 aromatic rings. The van der Waals surface area contributed by atoms with Crippen LogP contribution in [0.2, 0.25) is 0 Å². The zero-order valence-electron chi connectivity index (χ0n) is 11.6. The molecule has 0 heterocycles. The van der Waals surface area contributed by atoms with Crippen LogP contribution in [0, 0.1) is 0 Å². The highest BCUT2D eigenvalue weighted by molar-refractivity contribution is 5.81. The molecule has 0 radical (unpaired) electrons. The Morgan fingerprint density at radius 1 is 0.909 bits per heavy atom. The summed E-state index contributed by atoms with van der Waals surface area (Å²) in [5.74, 6) is -5.75. The van der Waals surface area contributed by atoms with E-state index in [0.717, 1.165) is 6.92 Å². The molecule has 1 unspecified atom stereocenters. The van der Waals surface area contributed by atoms with Crippen molar-refractivity contribution in [2.45, 2.75) is 37.6 Å². The Morgan fingerprint density at radius 3 is 1.68 bits per heavy atom. The number of carbonyl (C=O) groups is 4. The molecule has 11 nitrogen and oxygen atoms in total. The van der Waals surface area contributed by atoms with Gasteiger partial charge >= 0.3 is 23.9 Å². The molecular weight excluding hydrogens is 304 g/mol. The van der Waals surface area contributed by atoms with Gasteiger partial charge in [-0.15, -0.1) is 0 Å². The lowest BCUT2D eigenvalue weighted by atomic mass is 10.1. The number of rotatable bonds is 11. The number of nitrogens with one attached hydrogen (secondary N) is 2. The summed E-state index contributed by atoms with van der Waals surface area (Å²) in [6, 6.07) is -3.09. The van der Waals surface area contributed by atoms with Crippen molar-refractivity contribution in [1.82, 2.24) is 10.6 Å². The smallest absolute Gasteiger partial charge is 0.321 e. The zero-order chi connectivity index (χ0) is 17.5. The first-order valence-electron chi connectivity index (χ1n) is 6.07. The highest BCUT2D eigenvalue weighted by Gasteiger charge is 2.31. The van der Waals surface area contributed by atoms with Gasteiger partial charge in [0.15, 0.2) is 0 Å². The van der Waals surface area contributed by atoms with Crippen molar-refractivity contribution < 1.29 is 44.7 Å². The van der Waals surface area contributed by atoms with Crippen molar-refractivity contribution in [3.8, 4) is 0 Å². The third kappa shape index (κ3) is 8.14. The molecule has 0 aliphatic carbocycles. The Labute approximate surface area is 124 Å². The van der Waals surface area contributed by atoms with E-state index in [4.69, 9.17) is 20.4 Å². The van der Waals surface area contributed by atoms with Crippen LogP contribution >= 0.6 is 0 Å². The lowest BCUT2D eigenvalue weighted by molar-refractivity contribution is -0.148. The molecule has 0 spiro atoms. The average molecular weight is 322 g/mol. The number of carboxylic acid groups (broad SMARTS) is 4. The number of hydrogen-bond donors (Lipinski definition) is 7. The van der Waals surface area contributed by atoms with Gasteiger partial charge in [0.25, 0.3) is 0 Å². The van der Waals surface area contributed by atoms with E-state index < -0.39 is 61.1 Å². The van der Waals surface area contributed by atoms with Crippen LogP contribution in [0.5, 0.6) is 0 Å². The predicted octanol–water partition coefficient (Wildman–Crippen LogP) is -2.27. The van der Waals surface area contributed by atoms with E-state index in [1.165, 1.54) is 0 Å². The van der Waals surface area contributed by atoms with Crippen LogP contribution in [0.25, 0.3) is 0 Å². The normalized spacial score (nSPS) is 16.3. The zero-order valence-corrected chi connectivity index (χ0v) is 11.6. The molecule has 0 amide bonds. The summed E-state index contributed by atoms with van der Waals surface area (Å²) in [7, 11) is 0. The summed E-state index contributed by atoms with van der Waals surface area (Å²) < 4.78 is 0. The quantitative estimate of drug-likeness (QED) is 0.203. The highest BCUT2D eigenvalue weighted by atomic mass is 16.4. The monoisotopic (exact) mass is 322 g/mol. The maximum atomic E-state index is 10.9. The summed E-state index contributed by atoms with van der Waals surface area (Å²) in [6.07, 6.45) is -1.55. The Balaban J connectivity index is 4.71. The molecule has 0 fully saturated rings. The Bertz CT molecular complexity index is 449. The van der Waals surface area contributed by atoms with Gasteiger partial charge in [-0.3, -0.25) is 29.8 Å². The molecule has 0 aromatic carbocycles. The molecule has 11 heteroatoms. The topological polar surface area (TPSA) is 193 Å². The lowest BCUT2D eigenvalue weighted by Crippen LogP contribution is -2.58. The molecular formula is C11H18N2O9. The fourth-order valence-electron chi connectivity index (χ4n) is 1.54. The van der Waals surface area contributed by atoms with Crippen LogP contribution in [0.15, 0.2) is 0 Å². The van der Waals surface area contributed by atoms with Crippen molar-refractivity contribution >= 4 is 23.9 Å². The molecule has 0 rings (SSSR count). The average Bonchev–Trinajstić information content (AvgIpc) is 2.31. The fourth-order valence-corrected chi connectivity index (χ4v) is 1.54. The van der Waals surface area contributed by atoms with Crippen LogP contribution in [0.3, 0.4) is 0 Å². The first-order valence-corrected chi connectivity index (χ1v) is 6.07. The first kappa shape index (κ1) is 19.8. The number of hydrogen-bond acceptors (Lipinski definition) is 7. The van der Waals surface area contributed by atoms with E-state index >= 15 is 0 Å². The summed E-state index contributed by atoms with van der Waals surface area (Å²) in [6.45, 7) is 0.581. The van der Waals surface area contributed by atoms with Gasteiger partial charge in [0.2, 0.25) is 0 Å². The molecule has 22 heavy (non-hydrogen) atoms. The second kappa shape index (κ2) is 8.26. The summed E-state index contributed by atoms with van der Waals surface area (Å²) in [5, 5.41) is 49.1. The summed E-state index contributed by atoms with van der Waals surface area (Å²) in [5.41, 5.74) is -1.97. The van der Waals surface area contributed by atoms with Crippen molar-refractivity contribution in [3.05, 3.63) is 0 Å². The van der Waals surface area contributed by atoms with Crippen molar-refractivity contribution in [1.29, 1.82) is 0 Å².